The number of nitrogens with zero attached hydrogens (tertiary/aromatic N) is 1. The van der Waals surface area contributed by atoms with Crippen molar-refractivity contribution in [1.82, 2.24) is 4.98 Å². The highest BCUT2D eigenvalue weighted by Crippen LogP contribution is 2.37. The van der Waals surface area contributed by atoms with E-state index in [0.29, 0.717) is 31.7 Å². The summed E-state index contributed by atoms with van der Waals surface area (Å²) in [4.78, 5) is 15.8. The topological polar surface area (TPSA) is 59.4 Å². The van der Waals surface area contributed by atoms with Crippen molar-refractivity contribution in [3.8, 4) is 38.7 Å². The van der Waals surface area contributed by atoms with Crippen molar-refractivity contribution in [2.45, 2.75) is 0 Å². The van der Waals surface area contributed by atoms with Crippen LogP contribution in [-0.2, 0) is 0 Å². The van der Waals surface area contributed by atoms with Crippen LogP contribution >= 0.6 is 34.5 Å². The van der Waals surface area contributed by atoms with Gasteiger partial charge in [0.15, 0.2) is 0 Å². The predicted octanol–water partition coefficient (Wildman–Crippen LogP) is 7.65. The zero-order chi connectivity index (χ0) is 21.3. The van der Waals surface area contributed by atoms with E-state index in [9.17, 15) is 9.18 Å². The molecule has 0 aliphatic heterocycles. The van der Waals surface area contributed by atoms with E-state index in [1.54, 1.807) is 36.4 Å². The van der Waals surface area contributed by atoms with E-state index < -0.39 is 6.16 Å². The number of halogens is 3. The molecule has 8 heteroatoms. The quantitative estimate of drug-likeness (QED) is 0.251. The summed E-state index contributed by atoms with van der Waals surface area (Å²) >= 11 is 13.5. The van der Waals surface area contributed by atoms with Crippen LogP contribution in [0.15, 0.2) is 66.0 Å². The molecule has 30 heavy (non-hydrogen) atoms. The maximum atomic E-state index is 13.2. The van der Waals surface area contributed by atoms with Gasteiger partial charge in [-0.2, -0.15) is 0 Å². The second-order valence-electron chi connectivity index (χ2n) is 6.25. The van der Waals surface area contributed by atoms with Crippen molar-refractivity contribution in [1.29, 1.82) is 0 Å². The molecule has 4 aromatic rings. The highest BCUT2D eigenvalue weighted by molar-refractivity contribution is 7.13. The molecule has 0 unspecified atom stereocenters. The van der Waals surface area contributed by atoms with Crippen molar-refractivity contribution in [2.75, 3.05) is 0 Å². The molecule has 0 atom stereocenters. The molecule has 0 saturated carbocycles. The number of thiazole rings is 1. The van der Waals surface area contributed by atoms with Crippen LogP contribution in [0.25, 0.3) is 33.0 Å². The van der Waals surface area contributed by atoms with Crippen molar-refractivity contribution in [3.63, 3.8) is 0 Å². The number of carboxylic acid groups (broad SMARTS) is 1. The van der Waals surface area contributed by atoms with E-state index >= 15 is 0 Å². The summed E-state index contributed by atoms with van der Waals surface area (Å²) in [5.41, 5.74) is 3.39. The average molecular weight is 460 g/mol. The smallest absolute Gasteiger partial charge is 0.449 e. The van der Waals surface area contributed by atoms with Crippen LogP contribution in [0.1, 0.15) is 0 Å². The number of carbonyl (C=O) groups is 1. The van der Waals surface area contributed by atoms with Crippen LogP contribution in [0, 0.1) is 5.82 Å². The van der Waals surface area contributed by atoms with Gasteiger partial charge in [0, 0.05) is 22.1 Å². The van der Waals surface area contributed by atoms with E-state index in [-0.39, 0.29) is 11.6 Å². The van der Waals surface area contributed by atoms with Gasteiger partial charge in [0.2, 0.25) is 0 Å². The molecule has 1 aromatic heterocycles. The van der Waals surface area contributed by atoms with Gasteiger partial charge in [-0.05, 0) is 42.0 Å². The van der Waals surface area contributed by atoms with Gasteiger partial charge in [-0.1, -0.05) is 47.5 Å². The highest BCUT2D eigenvalue weighted by atomic mass is 35.5. The monoisotopic (exact) mass is 459 g/mol. The third kappa shape index (κ3) is 4.31. The maximum absolute atomic E-state index is 13.2. The number of aromatic nitrogens is 1. The van der Waals surface area contributed by atoms with E-state index in [4.69, 9.17) is 33.0 Å². The number of hydrogen-bond donors (Lipinski definition) is 1. The van der Waals surface area contributed by atoms with Gasteiger partial charge >= 0.3 is 6.16 Å². The second-order valence-corrected chi connectivity index (χ2v) is 7.93. The summed E-state index contributed by atoms with van der Waals surface area (Å²) in [5.74, 6) is -0.244. The molecule has 1 N–H and O–H groups in total. The van der Waals surface area contributed by atoms with E-state index in [2.05, 4.69) is 4.98 Å². The Morgan fingerprint density at radius 1 is 0.933 bits per heavy atom. The minimum atomic E-state index is -1.44. The number of hydrogen-bond acceptors (Lipinski definition) is 4. The van der Waals surface area contributed by atoms with Crippen molar-refractivity contribution >= 4 is 40.7 Å². The number of benzene rings is 3. The Morgan fingerprint density at radius 3 is 2.33 bits per heavy atom. The summed E-state index contributed by atoms with van der Waals surface area (Å²) < 4.78 is 18.2. The number of ether oxygens (including phenoxy) is 1. The molecular formula is C22H12Cl2FNO3S. The van der Waals surface area contributed by atoms with Gasteiger partial charge in [-0.3, -0.25) is 0 Å². The molecule has 0 aliphatic carbocycles. The molecule has 0 fully saturated rings. The first-order chi connectivity index (χ1) is 14.4. The fourth-order valence-electron chi connectivity index (χ4n) is 2.90. The standard InChI is InChI=1S/C22H12Cl2FNO3S/c23-17-8-4-13(9-18(17)24)19-11-30-21(26-19)14-3-7-16(20(10-14)29-22(27)28)12-1-5-15(25)6-2-12/h1-11H,(H,27,28). The van der Waals surface area contributed by atoms with Crippen molar-refractivity contribution in [2.24, 2.45) is 0 Å². The first-order valence-corrected chi connectivity index (χ1v) is 10.3. The van der Waals surface area contributed by atoms with Crippen molar-refractivity contribution in [3.05, 3.63) is 81.9 Å². The Kier molecular flexibility index (Phi) is 5.72. The molecule has 0 spiro atoms. The molecule has 0 amide bonds. The molecule has 0 saturated heterocycles. The highest BCUT2D eigenvalue weighted by Gasteiger charge is 2.15. The Bertz CT molecular complexity index is 1240. The summed E-state index contributed by atoms with van der Waals surface area (Å²) in [6.45, 7) is 0. The van der Waals surface area contributed by atoms with Gasteiger partial charge in [-0.25, -0.2) is 14.2 Å². The summed E-state index contributed by atoms with van der Waals surface area (Å²) in [6.07, 6.45) is -1.44. The Labute approximate surface area is 185 Å². The predicted molar refractivity (Wildman–Crippen MR) is 117 cm³/mol. The third-order valence-corrected chi connectivity index (χ3v) is 5.93. The Morgan fingerprint density at radius 2 is 1.63 bits per heavy atom. The van der Waals surface area contributed by atoms with Gasteiger partial charge in [0.05, 0.1) is 15.7 Å². The lowest BCUT2D eigenvalue weighted by Crippen LogP contribution is -2.04. The fraction of sp³-hybridized carbons (Fsp3) is 0. The minimum Gasteiger partial charge on any atom is -0.449 e. The molecule has 3 aromatic carbocycles. The lowest BCUT2D eigenvalue weighted by molar-refractivity contribution is 0.144. The first kappa shape index (κ1) is 20.3. The molecule has 0 radical (unpaired) electrons. The Hall–Kier alpha value is -2.93. The van der Waals surface area contributed by atoms with E-state index in [1.165, 1.54) is 23.5 Å². The minimum absolute atomic E-state index is 0.137. The molecule has 0 aliphatic rings. The molecule has 1 heterocycles. The maximum Gasteiger partial charge on any atom is 0.511 e. The average Bonchev–Trinajstić information content (AvgIpc) is 3.21. The van der Waals surface area contributed by atoms with Crippen molar-refractivity contribution < 1.29 is 19.0 Å². The Balaban J connectivity index is 1.73. The van der Waals surface area contributed by atoms with E-state index in [1.807, 2.05) is 17.5 Å². The normalized spacial score (nSPS) is 10.8. The zero-order valence-electron chi connectivity index (χ0n) is 15.1. The summed E-state index contributed by atoms with van der Waals surface area (Å²) in [5, 5.41) is 12.6. The van der Waals surface area contributed by atoms with Gasteiger partial charge in [-0.15, -0.1) is 11.3 Å². The third-order valence-electron chi connectivity index (χ3n) is 4.30. The first-order valence-electron chi connectivity index (χ1n) is 8.63. The molecule has 150 valence electrons. The van der Waals surface area contributed by atoms with Crippen LogP contribution < -0.4 is 4.74 Å². The van der Waals surface area contributed by atoms with Gasteiger partial charge < -0.3 is 9.84 Å². The lowest BCUT2D eigenvalue weighted by Gasteiger charge is -2.10. The van der Waals surface area contributed by atoms with Crippen LogP contribution in [-0.4, -0.2) is 16.2 Å². The van der Waals surface area contributed by atoms with Gasteiger partial charge in [0.1, 0.15) is 16.6 Å². The SMILES string of the molecule is O=C(O)Oc1cc(-c2nc(-c3ccc(Cl)c(Cl)c3)cs2)ccc1-c1ccc(F)cc1. The van der Waals surface area contributed by atoms with Crippen LogP contribution in [0.5, 0.6) is 5.75 Å². The summed E-state index contributed by atoms with van der Waals surface area (Å²) in [7, 11) is 0. The summed E-state index contributed by atoms with van der Waals surface area (Å²) in [6, 6.07) is 16.1. The fourth-order valence-corrected chi connectivity index (χ4v) is 4.02. The van der Waals surface area contributed by atoms with Crippen LogP contribution in [0.4, 0.5) is 9.18 Å². The molecule has 4 nitrogen and oxygen atoms in total. The van der Waals surface area contributed by atoms with Gasteiger partial charge in [0.25, 0.3) is 0 Å². The lowest BCUT2D eigenvalue weighted by atomic mass is 10.0. The molecule has 4 rings (SSSR count). The zero-order valence-corrected chi connectivity index (χ0v) is 17.4. The number of rotatable bonds is 4. The van der Waals surface area contributed by atoms with Crippen LogP contribution in [0.3, 0.4) is 0 Å². The largest absolute Gasteiger partial charge is 0.511 e. The molecular weight excluding hydrogens is 448 g/mol. The van der Waals surface area contributed by atoms with E-state index in [0.717, 1.165) is 11.3 Å². The second kappa shape index (κ2) is 8.44. The molecule has 0 bridgehead atoms. The van der Waals surface area contributed by atoms with Crippen LogP contribution in [0.2, 0.25) is 10.0 Å².